The van der Waals surface area contributed by atoms with Gasteiger partial charge in [-0.2, -0.15) is 0 Å². The van der Waals surface area contributed by atoms with Gasteiger partial charge in [-0.15, -0.1) is 0 Å². The lowest BCUT2D eigenvalue weighted by atomic mass is 10.0. The molecule has 0 saturated heterocycles. The number of ether oxygens (including phenoxy) is 1. The molecular formula is C17H19ClFNO. The standard InChI is InChI=1S/C17H19ClFNO/c1-11(13-5-4-6-15(18)9-13)20-12(2)14-7-8-17(21-3)16(19)10-14/h4-12,20H,1-3H3/t11-,12?/m0/s1. The fourth-order valence-corrected chi connectivity index (χ4v) is 2.49. The van der Waals surface area contributed by atoms with E-state index in [4.69, 9.17) is 16.3 Å². The minimum atomic E-state index is -0.348. The number of hydrogen-bond acceptors (Lipinski definition) is 2. The van der Waals surface area contributed by atoms with E-state index in [2.05, 4.69) is 12.2 Å². The Kier molecular flexibility index (Phi) is 5.21. The summed E-state index contributed by atoms with van der Waals surface area (Å²) in [6.45, 7) is 4.06. The summed E-state index contributed by atoms with van der Waals surface area (Å²) in [7, 11) is 1.46. The van der Waals surface area contributed by atoms with Gasteiger partial charge in [0.1, 0.15) is 0 Å². The average Bonchev–Trinajstić information content (AvgIpc) is 2.47. The van der Waals surface area contributed by atoms with Crippen LogP contribution < -0.4 is 10.1 Å². The van der Waals surface area contributed by atoms with Crippen LogP contribution in [-0.2, 0) is 0 Å². The Hall–Kier alpha value is -1.58. The lowest BCUT2D eigenvalue weighted by Gasteiger charge is -2.21. The topological polar surface area (TPSA) is 21.3 Å². The maximum atomic E-state index is 13.8. The van der Waals surface area contributed by atoms with Gasteiger partial charge in [0, 0.05) is 17.1 Å². The van der Waals surface area contributed by atoms with Crippen LogP contribution in [0.15, 0.2) is 42.5 Å². The minimum Gasteiger partial charge on any atom is -0.494 e. The Labute approximate surface area is 129 Å². The quantitative estimate of drug-likeness (QED) is 0.848. The fraction of sp³-hybridized carbons (Fsp3) is 0.294. The average molecular weight is 308 g/mol. The van der Waals surface area contributed by atoms with E-state index >= 15 is 0 Å². The van der Waals surface area contributed by atoms with Crippen LogP contribution in [0.3, 0.4) is 0 Å². The number of nitrogens with one attached hydrogen (secondary N) is 1. The van der Waals surface area contributed by atoms with Gasteiger partial charge in [-0.1, -0.05) is 29.8 Å². The van der Waals surface area contributed by atoms with E-state index < -0.39 is 0 Å². The van der Waals surface area contributed by atoms with Crippen LogP contribution in [0.4, 0.5) is 4.39 Å². The fourth-order valence-electron chi connectivity index (χ4n) is 2.30. The first-order chi connectivity index (χ1) is 10.0. The van der Waals surface area contributed by atoms with E-state index in [-0.39, 0.29) is 23.7 Å². The van der Waals surface area contributed by atoms with Gasteiger partial charge < -0.3 is 10.1 Å². The normalized spacial score (nSPS) is 13.8. The highest BCUT2D eigenvalue weighted by Gasteiger charge is 2.13. The van der Waals surface area contributed by atoms with Crippen molar-refractivity contribution in [3.8, 4) is 5.75 Å². The maximum absolute atomic E-state index is 13.8. The second kappa shape index (κ2) is 6.92. The van der Waals surface area contributed by atoms with Crippen molar-refractivity contribution in [3.05, 3.63) is 64.4 Å². The van der Waals surface area contributed by atoms with Crippen molar-refractivity contribution >= 4 is 11.6 Å². The predicted molar refractivity (Wildman–Crippen MR) is 84.4 cm³/mol. The second-order valence-corrected chi connectivity index (χ2v) is 5.50. The predicted octanol–water partition coefficient (Wildman–Crippen LogP) is 4.90. The van der Waals surface area contributed by atoms with E-state index in [0.29, 0.717) is 5.02 Å². The summed E-state index contributed by atoms with van der Waals surface area (Å²) in [4.78, 5) is 0. The second-order valence-electron chi connectivity index (χ2n) is 5.06. The Balaban J connectivity index is 2.10. The summed E-state index contributed by atoms with van der Waals surface area (Å²) in [5.74, 6) is -0.0899. The molecule has 0 aliphatic heterocycles. The molecule has 112 valence electrons. The summed E-state index contributed by atoms with van der Waals surface area (Å²) in [6, 6.07) is 12.9. The van der Waals surface area contributed by atoms with Crippen molar-refractivity contribution < 1.29 is 9.13 Å². The van der Waals surface area contributed by atoms with Gasteiger partial charge in [-0.25, -0.2) is 4.39 Å². The Morgan fingerprint density at radius 3 is 2.29 bits per heavy atom. The number of hydrogen-bond donors (Lipinski definition) is 1. The van der Waals surface area contributed by atoms with E-state index in [1.807, 2.05) is 37.3 Å². The van der Waals surface area contributed by atoms with Crippen molar-refractivity contribution in [3.63, 3.8) is 0 Å². The lowest BCUT2D eigenvalue weighted by Crippen LogP contribution is -2.22. The third-order valence-corrected chi connectivity index (χ3v) is 3.76. The molecule has 0 saturated carbocycles. The zero-order valence-electron chi connectivity index (χ0n) is 12.4. The first-order valence-electron chi connectivity index (χ1n) is 6.86. The van der Waals surface area contributed by atoms with Crippen LogP contribution in [0.2, 0.25) is 5.02 Å². The SMILES string of the molecule is COc1ccc(C(C)N[C@@H](C)c2cccc(Cl)c2)cc1F. The molecule has 4 heteroatoms. The highest BCUT2D eigenvalue weighted by atomic mass is 35.5. The molecule has 0 aromatic heterocycles. The molecule has 1 unspecified atom stereocenters. The molecule has 2 rings (SSSR count). The van der Waals surface area contributed by atoms with Crippen molar-refractivity contribution in [1.29, 1.82) is 0 Å². The molecule has 0 aliphatic rings. The van der Waals surface area contributed by atoms with Gasteiger partial charge in [0.2, 0.25) is 0 Å². The van der Waals surface area contributed by atoms with Crippen LogP contribution in [0.25, 0.3) is 0 Å². The van der Waals surface area contributed by atoms with Gasteiger partial charge in [0.15, 0.2) is 11.6 Å². The Morgan fingerprint density at radius 1 is 1.05 bits per heavy atom. The highest BCUT2D eigenvalue weighted by Crippen LogP contribution is 2.25. The van der Waals surface area contributed by atoms with E-state index in [0.717, 1.165) is 11.1 Å². The monoisotopic (exact) mass is 307 g/mol. The number of methoxy groups -OCH3 is 1. The smallest absolute Gasteiger partial charge is 0.165 e. The number of benzene rings is 2. The molecule has 21 heavy (non-hydrogen) atoms. The molecular weight excluding hydrogens is 289 g/mol. The molecule has 0 spiro atoms. The summed E-state index contributed by atoms with van der Waals surface area (Å²) < 4.78 is 18.7. The molecule has 1 N–H and O–H groups in total. The van der Waals surface area contributed by atoms with Crippen LogP contribution >= 0.6 is 11.6 Å². The summed E-state index contributed by atoms with van der Waals surface area (Å²) in [5.41, 5.74) is 1.98. The third-order valence-electron chi connectivity index (χ3n) is 3.52. The van der Waals surface area contributed by atoms with Crippen LogP contribution in [0.1, 0.15) is 37.1 Å². The third kappa shape index (κ3) is 3.96. The summed E-state index contributed by atoms with van der Waals surface area (Å²) in [6.07, 6.45) is 0. The summed E-state index contributed by atoms with van der Waals surface area (Å²) >= 11 is 6.01. The molecule has 2 aromatic carbocycles. The molecule has 0 radical (unpaired) electrons. The summed E-state index contributed by atoms with van der Waals surface area (Å²) in [5, 5.41) is 4.15. The van der Waals surface area contributed by atoms with Gasteiger partial charge in [-0.05, 0) is 49.2 Å². The Morgan fingerprint density at radius 2 is 1.71 bits per heavy atom. The number of halogens is 2. The van der Waals surface area contributed by atoms with E-state index in [1.54, 1.807) is 6.07 Å². The molecule has 2 aromatic rings. The van der Waals surface area contributed by atoms with Crippen LogP contribution in [0, 0.1) is 5.82 Å². The molecule has 0 amide bonds. The maximum Gasteiger partial charge on any atom is 0.165 e. The molecule has 0 aliphatic carbocycles. The zero-order chi connectivity index (χ0) is 15.4. The molecule has 2 atom stereocenters. The largest absolute Gasteiger partial charge is 0.494 e. The zero-order valence-corrected chi connectivity index (χ0v) is 13.1. The van der Waals surface area contributed by atoms with Crippen molar-refractivity contribution in [2.24, 2.45) is 0 Å². The van der Waals surface area contributed by atoms with Gasteiger partial charge in [0.25, 0.3) is 0 Å². The number of rotatable bonds is 5. The van der Waals surface area contributed by atoms with Crippen LogP contribution in [0.5, 0.6) is 5.75 Å². The first-order valence-corrected chi connectivity index (χ1v) is 7.24. The minimum absolute atomic E-state index is 0.0133. The lowest BCUT2D eigenvalue weighted by molar-refractivity contribution is 0.385. The van der Waals surface area contributed by atoms with Gasteiger partial charge >= 0.3 is 0 Å². The van der Waals surface area contributed by atoms with Gasteiger partial charge in [0.05, 0.1) is 7.11 Å². The Bertz CT molecular complexity index is 617. The molecule has 0 bridgehead atoms. The molecule has 2 nitrogen and oxygen atoms in total. The van der Waals surface area contributed by atoms with E-state index in [9.17, 15) is 4.39 Å². The van der Waals surface area contributed by atoms with Gasteiger partial charge in [-0.3, -0.25) is 0 Å². The van der Waals surface area contributed by atoms with Crippen molar-refractivity contribution in [1.82, 2.24) is 5.32 Å². The molecule has 0 heterocycles. The van der Waals surface area contributed by atoms with Crippen molar-refractivity contribution in [2.45, 2.75) is 25.9 Å². The first kappa shape index (κ1) is 15.8. The van der Waals surface area contributed by atoms with Crippen molar-refractivity contribution in [2.75, 3.05) is 7.11 Å². The molecule has 0 fully saturated rings. The highest BCUT2D eigenvalue weighted by molar-refractivity contribution is 6.30. The van der Waals surface area contributed by atoms with Crippen LogP contribution in [-0.4, -0.2) is 7.11 Å². The van der Waals surface area contributed by atoms with E-state index in [1.165, 1.54) is 13.2 Å².